The molecule has 30 heavy (non-hydrogen) atoms. The van der Waals surface area contributed by atoms with Gasteiger partial charge in [0.1, 0.15) is 6.04 Å². The predicted octanol–water partition coefficient (Wildman–Crippen LogP) is 1.46. The van der Waals surface area contributed by atoms with E-state index in [1.165, 1.54) is 16.4 Å². The van der Waals surface area contributed by atoms with Gasteiger partial charge in [-0.25, -0.2) is 13.2 Å². The van der Waals surface area contributed by atoms with E-state index in [2.05, 4.69) is 24.1 Å². The largest absolute Gasteiger partial charge is 0.460 e. The van der Waals surface area contributed by atoms with Gasteiger partial charge in [-0.05, 0) is 64.6 Å². The Labute approximate surface area is 177 Å². The normalized spacial score (nSPS) is 23.2. The fourth-order valence-electron chi connectivity index (χ4n) is 4.04. The Morgan fingerprint density at radius 2 is 2.03 bits per heavy atom. The highest BCUT2D eigenvalue weighted by Gasteiger charge is 2.41. The number of hydrogen-bond donors (Lipinski definition) is 1. The van der Waals surface area contributed by atoms with E-state index in [0.29, 0.717) is 31.3 Å². The molecule has 2 fully saturated rings. The van der Waals surface area contributed by atoms with Crippen LogP contribution in [0.2, 0.25) is 0 Å². The third-order valence-electron chi connectivity index (χ3n) is 5.74. The molecular formula is C20H31N3O6S. The monoisotopic (exact) mass is 441 g/mol. The number of sulfonamides is 1. The van der Waals surface area contributed by atoms with E-state index in [0.717, 1.165) is 19.5 Å². The predicted molar refractivity (Wildman–Crippen MR) is 109 cm³/mol. The molecule has 2 unspecified atom stereocenters. The Bertz CT molecular complexity index is 866. The van der Waals surface area contributed by atoms with Crippen molar-refractivity contribution < 1.29 is 27.2 Å². The Morgan fingerprint density at radius 3 is 2.70 bits per heavy atom. The minimum Gasteiger partial charge on any atom is -0.460 e. The molecule has 0 aliphatic carbocycles. The molecule has 2 aliphatic rings. The second-order valence-electron chi connectivity index (χ2n) is 8.10. The van der Waals surface area contributed by atoms with Crippen molar-refractivity contribution in [2.24, 2.45) is 5.92 Å². The summed E-state index contributed by atoms with van der Waals surface area (Å²) in [5, 5.41) is 2.59. The zero-order valence-electron chi connectivity index (χ0n) is 17.8. The van der Waals surface area contributed by atoms with Gasteiger partial charge >= 0.3 is 5.97 Å². The highest BCUT2D eigenvalue weighted by molar-refractivity contribution is 7.89. The molecule has 0 aromatic carbocycles. The van der Waals surface area contributed by atoms with Crippen LogP contribution in [0, 0.1) is 5.92 Å². The zero-order chi connectivity index (χ0) is 21.9. The maximum Gasteiger partial charge on any atom is 0.374 e. The number of nitrogens with one attached hydrogen (secondary N) is 1. The summed E-state index contributed by atoms with van der Waals surface area (Å²) in [6, 6.07) is 2.22. The molecule has 10 heteroatoms. The first kappa shape index (κ1) is 22.8. The van der Waals surface area contributed by atoms with Crippen molar-refractivity contribution in [3.05, 3.63) is 17.9 Å². The van der Waals surface area contributed by atoms with Gasteiger partial charge in [0, 0.05) is 25.7 Å². The highest BCUT2D eigenvalue weighted by atomic mass is 32.2. The molecular weight excluding hydrogens is 410 g/mol. The number of amides is 1. The molecule has 1 N–H and O–H groups in total. The number of carbonyl (C=O) groups is 2. The van der Waals surface area contributed by atoms with E-state index in [9.17, 15) is 18.0 Å². The van der Waals surface area contributed by atoms with E-state index in [4.69, 9.17) is 9.15 Å². The number of esters is 1. The minimum absolute atomic E-state index is 0.159. The average Bonchev–Trinajstić information content (AvgIpc) is 3.46. The average molecular weight is 442 g/mol. The van der Waals surface area contributed by atoms with E-state index >= 15 is 0 Å². The van der Waals surface area contributed by atoms with Gasteiger partial charge < -0.3 is 19.4 Å². The van der Waals surface area contributed by atoms with E-state index in [1.54, 1.807) is 6.92 Å². The lowest BCUT2D eigenvalue weighted by Crippen LogP contribution is -2.47. The van der Waals surface area contributed by atoms with Crippen LogP contribution in [0.4, 0.5) is 0 Å². The summed E-state index contributed by atoms with van der Waals surface area (Å²) < 4.78 is 37.3. The SMILES string of the molecule is CCOC(=O)c1ccc(S(=O)(=O)N2CCCC2C(=O)NCC2CCN(C(C)C)C2)o1. The number of hydrogen-bond acceptors (Lipinski definition) is 7. The third-order valence-corrected chi connectivity index (χ3v) is 7.52. The van der Waals surface area contributed by atoms with Crippen LogP contribution in [0.1, 0.15) is 50.6 Å². The van der Waals surface area contributed by atoms with Gasteiger partial charge in [-0.2, -0.15) is 4.31 Å². The van der Waals surface area contributed by atoms with Crippen molar-refractivity contribution in [1.29, 1.82) is 0 Å². The van der Waals surface area contributed by atoms with Gasteiger partial charge in [0.25, 0.3) is 10.0 Å². The first-order chi connectivity index (χ1) is 14.2. The molecule has 2 aliphatic heterocycles. The van der Waals surface area contributed by atoms with Crippen LogP contribution in [0.3, 0.4) is 0 Å². The summed E-state index contributed by atoms with van der Waals surface area (Å²) in [4.78, 5) is 26.9. The molecule has 1 aromatic heterocycles. The van der Waals surface area contributed by atoms with Crippen molar-refractivity contribution in [1.82, 2.24) is 14.5 Å². The molecule has 0 bridgehead atoms. The molecule has 3 heterocycles. The van der Waals surface area contributed by atoms with Crippen LogP contribution in [-0.2, 0) is 19.6 Å². The highest BCUT2D eigenvalue weighted by Crippen LogP contribution is 2.28. The van der Waals surface area contributed by atoms with Crippen LogP contribution < -0.4 is 5.32 Å². The van der Waals surface area contributed by atoms with E-state index in [-0.39, 0.29) is 29.9 Å². The van der Waals surface area contributed by atoms with Crippen molar-refractivity contribution in [2.45, 2.75) is 57.2 Å². The first-order valence-corrected chi connectivity index (χ1v) is 12.0. The van der Waals surface area contributed by atoms with Crippen molar-refractivity contribution >= 4 is 21.9 Å². The molecule has 3 rings (SSSR count). The number of nitrogens with zero attached hydrogens (tertiary/aromatic N) is 2. The Hall–Kier alpha value is -1.91. The summed E-state index contributed by atoms with van der Waals surface area (Å²) in [6.45, 7) is 8.86. The van der Waals surface area contributed by atoms with Gasteiger partial charge in [0.15, 0.2) is 0 Å². The minimum atomic E-state index is -4.03. The Morgan fingerprint density at radius 1 is 1.27 bits per heavy atom. The summed E-state index contributed by atoms with van der Waals surface area (Å²) in [7, 11) is -4.03. The molecule has 2 atom stereocenters. The fraction of sp³-hybridized carbons (Fsp3) is 0.700. The smallest absolute Gasteiger partial charge is 0.374 e. The number of likely N-dealkylation sites (tertiary alicyclic amines) is 1. The standard InChI is InChI=1S/C20H31N3O6S/c1-4-28-20(25)17-7-8-18(29-17)30(26,27)23-10-5-6-16(23)19(24)21-12-15-9-11-22(13-15)14(2)3/h7-8,14-16H,4-6,9-13H2,1-3H3,(H,21,24). The van der Waals surface area contributed by atoms with Gasteiger partial charge in [-0.15, -0.1) is 0 Å². The van der Waals surface area contributed by atoms with Crippen LogP contribution in [-0.4, -0.2) is 74.4 Å². The lowest BCUT2D eigenvalue weighted by atomic mass is 10.1. The number of carbonyl (C=O) groups excluding carboxylic acids is 2. The van der Waals surface area contributed by atoms with Gasteiger partial charge in [0.05, 0.1) is 6.61 Å². The van der Waals surface area contributed by atoms with Gasteiger partial charge in [0.2, 0.25) is 16.8 Å². The van der Waals surface area contributed by atoms with E-state index < -0.39 is 22.0 Å². The van der Waals surface area contributed by atoms with Crippen molar-refractivity contribution in [3.8, 4) is 0 Å². The topological polar surface area (TPSA) is 109 Å². The van der Waals surface area contributed by atoms with Gasteiger partial charge in [-0.1, -0.05) is 0 Å². The van der Waals surface area contributed by atoms with Crippen molar-refractivity contribution in [2.75, 3.05) is 32.8 Å². The number of ether oxygens (including phenoxy) is 1. The Balaban J connectivity index is 1.63. The molecule has 2 saturated heterocycles. The van der Waals surface area contributed by atoms with E-state index in [1.807, 2.05) is 0 Å². The quantitative estimate of drug-likeness (QED) is 0.608. The lowest BCUT2D eigenvalue weighted by molar-refractivity contribution is -0.124. The van der Waals surface area contributed by atoms with Crippen LogP contribution >= 0.6 is 0 Å². The molecule has 0 saturated carbocycles. The second kappa shape index (κ2) is 9.49. The summed E-state index contributed by atoms with van der Waals surface area (Å²) >= 11 is 0. The third kappa shape index (κ3) is 4.87. The maximum absolute atomic E-state index is 13.0. The molecule has 1 aromatic rings. The van der Waals surface area contributed by atoms with Crippen LogP contribution in [0.5, 0.6) is 0 Å². The van der Waals surface area contributed by atoms with Gasteiger partial charge in [-0.3, -0.25) is 4.79 Å². The number of rotatable bonds is 8. The number of furan rings is 1. The molecule has 0 radical (unpaired) electrons. The molecule has 9 nitrogen and oxygen atoms in total. The van der Waals surface area contributed by atoms with Crippen molar-refractivity contribution in [3.63, 3.8) is 0 Å². The summed E-state index contributed by atoms with van der Waals surface area (Å²) in [6.07, 6.45) is 2.07. The molecule has 0 spiro atoms. The second-order valence-corrected chi connectivity index (χ2v) is 9.92. The summed E-state index contributed by atoms with van der Waals surface area (Å²) in [5.41, 5.74) is 0. The summed E-state index contributed by atoms with van der Waals surface area (Å²) in [5.74, 6) is -0.801. The lowest BCUT2D eigenvalue weighted by Gasteiger charge is -2.23. The van der Waals surface area contributed by atoms with Crippen LogP contribution in [0.25, 0.3) is 0 Å². The Kier molecular flexibility index (Phi) is 7.20. The zero-order valence-corrected chi connectivity index (χ0v) is 18.6. The fourth-order valence-corrected chi connectivity index (χ4v) is 5.61. The first-order valence-electron chi connectivity index (χ1n) is 10.5. The molecule has 1 amide bonds. The molecule has 168 valence electrons. The van der Waals surface area contributed by atoms with Crippen LogP contribution in [0.15, 0.2) is 21.6 Å². The maximum atomic E-state index is 13.0.